The van der Waals surface area contributed by atoms with Gasteiger partial charge in [0.15, 0.2) is 10.4 Å². The molecule has 0 aliphatic heterocycles. The predicted octanol–water partition coefficient (Wildman–Crippen LogP) is 1.55. The molecule has 2 aromatic rings. The molecule has 2 heterocycles. The molecular weight excluding hydrogens is 310 g/mol. The van der Waals surface area contributed by atoms with Crippen molar-refractivity contribution in [3.63, 3.8) is 0 Å². The zero-order valence-electron chi connectivity index (χ0n) is 12.9. The summed E-state index contributed by atoms with van der Waals surface area (Å²) >= 11 is 5.37. The molecule has 0 bridgehead atoms. The van der Waals surface area contributed by atoms with Crippen LogP contribution in [-0.4, -0.2) is 39.5 Å². The van der Waals surface area contributed by atoms with E-state index >= 15 is 0 Å². The van der Waals surface area contributed by atoms with Gasteiger partial charge in [-0.15, -0.1) is 0 Å². The highest BCUT2D eigenvalue weighted by Gasteiger charge is 2.25. The minimum atomic E-state index is -3.29. The third kappa shape index (κ3) is 3.35. The lowest BCUT2D eigenvalue weighted by Crippen LogP contribution is -2.46. The second kappa shape index (κ2) is 5.22. The SMILES string of the molecule is CCn1nc(C)c2[nH]c(=S)n(CC(C)(C)NS(C)(=O)=O)c21. The highest BCUT2D eigenvalue weighted by molar-refractivity contribution is 7.88. The van der Waals surface area contributed by atoms with Gasteiger partial charge in [-0.3, -0.25) is 4.57 Å². The lowest BCUT2D eigenvalue weighted by atomic mass is 10.1. The van der Waals surface area contributed by atoms with Crippen LogP contribution in [0.15, 0.2) is 0 Å². The molecule has 7 nitrogen and oxygen atoms in total. The van der Waals surface area contributed by atoms with E-state index < -0.39 is 15.6 Å². The quantitative estimate of drug-likeness (QED) is 0.814. The van der Waals surface area contributed by atoms with Crippen molar-refractivity contribution >= 4 is 33.4 Å². The second-order valence-corrected chi connectivity index (χ2v) is 8.01. The number of H-pyrrole nitrogens is 1. The predicted molar refractivity (Wildman–Crippen MR) is 85.4 cm³/mol. The third-order valence-electron chi connectivity index (χ3n) is 3.15. The first-order chi connectivity index (χ1) is 9.54. The molecule has 118 valence electrons. The summed E-state index contributed by atoms with van der Waals surface area (Å²) in [6.07, 6.45) is 1.15. The Hall–Kier alpha value is -1.19. The first-order valence-electron chi connectivity index (χ1n) is 6.69. The summed E-state index contributed by atoms with van der Waals surface area (Å²) in [5.41, 5.74) is 2.02. The van der Waals surface area contributed by atoms with Crippen LogP contribution in [0.1, 0.15) is 26.5 Å². The molecule has 0 radical (unpaired) electrons. The molecule has 0 unspecified atom stereocenters. The largest absolute Gasteiger partial charge is 0.328 e. The topological polar surface area (TPSA) is 84.7 Å². The fraction of sp³-hybridized carbons (Fsp3) is 0.667. The molecule has 21 heavy (non-hydrogen) atoms. The number of aromatic amines is 1. The maximum atomic E-state index is 11.5. The van der Waals surface area contributed by atoms with Gasteiger partial charge in [0.05, 0.1) is 11.9 Å². The van der Waals surface area contributed by atoms with Gasteiger partial charge >= 0.3 is 0 Å². The van der Waals surface area contributed by atoms with Crippen molar-refractivity contribution in [1.29, 1.82) is 0 Å². The molecule has 0 spiro atoms. The van der Waals surface area contributed by atoms with Crippen LogP contribution in [0.5, 0.6) is 0 Å². The number of aromatic nitrogens is 4. The summed E-state index contributed by atoms with van der Waals surface area (Å²) in [6, 6.07) is 0. The lowest BCUT2D eigenvalue weighted by Gasteiger charge is -2.25. The van der Waals surface area contributed by atoms with Crippen molar-refractivity contribution in [1.82, 2.24) is 24.1 Å². The zero-order valence-corrected chi connectivity index (χ0v) is 14.5. The second-order valence-electron chi connectivity index (χ2n) is 5.87. The van der Waals surface area contributed by atoms with E-state index in [4.69, 9.17) is 12.2 Å². The highest BCUT2D eigenvalue weighted by Crippen LogP contribution is 2.20. The first kappa shape index (κ1) is 16.2. The molecule has 2 aromatic heterocycles. The smallest absolute Gasteiger partial charge is 0.209 e. The number of aryl methyl sites for hydroxylation is 2. The molecule has 2 N–H and O–H groups in total. The third-order valence-corrected chi connectivity index (χ3v) is 4.39. The van der Waals surface area contributed by atoms with E-state index in [9.17, 15) is 8.42 Å². The van der Waals surface area contributed by atoms with Crippen LogP contribution >= 0.6 is 12.2 Å². The monoisotopic (exact) mass is 331 g/mol. The van der Waals surface area contributed by atoms with Gasteiger partial charge in [-0.2, -0.15) is 5.10 Å². The number of nitrogens with one attached hydrogen (secondary N) is 2. The average Bonchev–Trinajstić information content (AvgIpc) is 2.75. The fourth-order valence-corrected chi connectivity index (χ4v) is 3.88. The molecule has 0 saturated carbocycles. The standard InChI is InChI=1S/C12H21N5O2S2/c1-6-17-10-9(8(2)14-17)13-11(20)16(10)7-12(3,4)15-21(5,18)19/h15H,6-7H2,1-5H3,(H,13,20). The van der Waals surface area contributed by atoms with Crippen LogP contribution in [0.4, 0.5) is 0 Å². The maximum absolute atomic E-state index is 11.5. The molecular formula is C12H21N5O2S2. The van der Waals surface area contributed by atoms with Gasteiger partial charge in [-0.25, -0.2) is 17.8 Å². The van der Waals surface area contributed by atoms with E-state index in [0.717, 1.165) is 29.7 Å². The van der Waals surface area contributed by atoms with Crippen molar-refractivity contribution in [3.8, 4) is 0 Å². The summed E-state index contributed by atoms with van der Waals surface area (Å²) in [7, 11) is -3.29. The Labute approximate surface area is 129 Å². The summed E-state index contributed by atoms with van der Waals surface area (Å²) in [5, 5.41) is 4.45. The molecule has 0 aliphatic carbocycles. The molecule has 0 aromatic carbocycles. The van der Waals surface area contributed by atoms with Crippen LogP contribution in [0.3, 0.4) is 0 Å². The van der Waals surface area contributed by atoms with Crippen LogP contribution in [0.25, 0.3) is 11.2 Å². The Bertz CT molecular complexity index is 826. The molecule has 0 fully saturated rings. The van der Waals surface area contributed by atoms with Crippen molar-refractivity contribution in [2.45, 2.75) is 46.3 Å². The first-order valence-corrected chi connectivity index (χ1v) is 8.99. The Kier molecular flexibility index (Phi) is 4.02. The Balaban J connectivity index is 2.52. The number of fused-ring (bicyclic) bond motifs is 1. The van der Waals surface area contributed by atoms with Gasteiger partial charge in [-0.1, -0.05) is 0 Å². The van der Waals surface area contributed by atoms with Gasteiger partial charge in [0.2, 0.25) is 10.0 Å². The van der Waals surface area contributed by atoms with Crippen molar-refractivity contribution in [2.75, 3.05) is 6.26 Å². The van der Waals surface area contributed by atoms with Gasteiger partial charge in [0.1, 0.15) is 5.52 Å². The van der Waals surface area contributed by atoms with Crippen LogP contribution in [0, 0.1) is 11.7 Å². The average molecular weight is 331 g/mol. The zero-order chi connectivity index (χ0) is 16.0. The molecule has 0 saturated heterocycles. The van der Waals surface area contributed by atoms with Crippen LogP contribution in [-0.2, 0) is 23.1 Å². The number of imidazole rings is 1. The van der Waals surface area contributed by atoms with Gasteiger partial charge in [0, 0.05) is 18.6 Å². The number of hydrogen-bond donors (Lipinski definition) is 2. The molecule has 9 heteroatoms. The minimum Gasteiger partial charge on any atom is -0.328 e. The van der Waals surface area contributed by atoms with E-state index in [-0.39, 0.29) is 0 Å². The van der Waals surface area contributed by atoms with E-state index in [1.807, 2.05) is 36.9 Å². The Morgan fingerprint density at radius 2 is 2.05 bits per heavy atom. The minimum absolute atomic E-state index is 0.421. The summed E-state index contributed by atoms with van der Waals surface area (Å²) in [5.74, 6) is 0. The van der Waals surface area contributed by atoms with E-state index in [0.29, 0.717) is 11.3 Å². The van der Waals surface area contributed by atoms with Gasteiger partial charge < -0.3 is 4.98 Å². The lowest BCUT2D eigenvalue weighted by molar-refractivity contribution is 0.390. The van der Waals surface area contributed by atoms with Crippen molar-refractivity contribution in [3.05, 3.63) is 10.5 Å². The van der Waals surface area contributed by atoms with Crippen molar-refractivity contribution in [2.24, 2.45) is 0 Å². The highest BCUT2D eigenvalue weighted by atomic mass is 32.2. The Morgan fingerprint density at radius 3 is 2.57 bits per heavy atom. The number of sulfonamides is 1. The molecule has 0 amide bonds. The van der Waals surface area contributed by atoms with E-state index in [1.165, 1.54) is 0 Å². The normalized spacial score (nSPS) is 13.2. The molecule has 0 aliphatic rings. The van der Waals surface area contributed by atoms with Crippen LogP contribution in [0.2, 0.25) is 0 Å². The van der Waals surface area contributed by atoms with Crippen molar-refractivity contribution < 1.29 is 8.42 Å². The van der Waals surface area contributed by atoms with Gasteiger partial charge in [0.25, 0.3) is 0 Å². The van der Waals surface area contributed by atoms with Gasteiger partial charge in [-0.05, 0) is 39.9 Å². The van der Waals surface area contributed by atoms with E-state index in [1.54, 1.807) is 0 Å². The van der Waals surface area contributed by atoms with E-state index in [2.05, 4.69) is 14.8 Å². The van der Waals surface area contributed by atoms with Crippen LogP contribution < -0.4 is 4.72 Å². The number of rotatable bonds is 5. The molecule has 2 rings (SSSR count). The maximum Gasteiger partial charge on any atom is 0.209 e. The number of nitrogens with zero attached hydrogens (tertiary/aromatic N) is 3. The number of hydrogen-bond acceptors (Lipinski definition) is 4. The summed E-state index contributed by atoms with van der Waals surface area (Å²) < 4.78 is 29.9. The molecule has 0 atom stereocenters. The Morgan fingerprint density at radius 1 is 1.43 bits per heavy atom. The summed E-state index contributed by atoms with van der Waals surface area (Å²) in [4.78, 5) is 3.15. The summed E-state index contributed by atoms with van der Waals surface area (Å²) in [6.45, 7) is 8.72. The fourth-order valence-electron chi connectivity index (χ4n) is 2.56.